The molecule has 0 atom stereocenters. The minimum Gasteiger partial charge on any atom is -0.256 e. The van der Waals surface area contributed by atoms with Crippen LogP contribution in [0.25, 0.3) is 0 Å². The van der Waals surface area contributed by atoms with Crippen LogP contribution in [0.3, 0.4) is 0 Å². The van der Waals surface area contributed by atoms with Crippen LogP contribution < -0.4 is 0 Å². The van der Waals surface area contributed by atoms with Gasteiger partial charge in [-0.25, -0.2) is 8.78 Å². The van der Waals surface area contributed by atoms with Crippen LogP contribution in [0.4, 0.5) is 14.5 Å². The Morgan fingerprint density at radius 2 is 1.72 bits per heavy atom. The molecule has 0 aliphatic rings. The van der Waals surface area contributed by atoms with Crippen LogP contribution in [0, 0.1) is 11.6 Å². The van der Waals surface area contributed by atoms with Crippen molar-refractivity contribution in [1.82, 2.24) is 0 Å². The molecule has 0 N–H and O–H groups in total. The molecule has 0 saturated heterocycles. The first-order valence-corrected chi connectivity index (χ1v) is 6.18. The summed E-state index contributed by atoms with van der Waals surface area (Å²) >= 11 is 8.72. The molecule has 0 unspecified atom stereocenters. The van der Waals surface area contributed by atoms with E-state index < -0.39 is 11.6 Å². The summed E-state index contributed by atoms with van der Waals surface area (Å²) in [6.45, 7) is 0. The molecule has 0 spiro atoms. The topological polar surface area (TPSA) is 12.4 Å². The van der Waals surface area contributed by atoms with Gasteiger partial charge in [-0.1, -0.05) is 11.6 Å². The third kappa shape index (κ3) is 2.94. The molecule has 2 aromatic rings. The van der Waals surface area contributed by atoms with E-state index in [1.807, 2.05) is 0 Å². The molecule has 0 aromatic heterocycles. The summed E-state index contributed by atoms with van der Waals surface area (Å²) in [5, 5.41) is 0.578. The highest BCUT2D eigenvalue weighted by Gasteiger charge is 2.09. The van der Waals surface area contributed by atoms with E-state index in [-0.39, 0.29) is 10.0 Å². The maximum atomic E-state index is 13.6. The molecule has 1 nitrogen and oxygen atoms in total. The SMILES string of the molecule is Fc1ccc(Br)c(F)c1/C=N/c1ccc(Cl)cc1. The van der Waals surface area contributed by atoms with Crippen molar-refractivity contribution < 1.29 is 8.78 Å². The highest BCUT2D eigenvalue weighted by atomic mass is 79.9. The van der Waals surface area contributed by atoms with Crippen LogP contribution in [0.1, 0.15) is 5.56 Å². The van der Waals surface area contributed by atoms with Crippen LogP contribution in [0.15, 0.2) is 45.9 Å². The molecule has 5 heteroatoms. The fourth-order valence-corrected chi connectivity index (χ4v) is 1.80. The van der Waals surface area contributed by atoms with Gasteiger partial charge in [-0.2, -0.15) is 0 Å². The van der Waals surface area contributed by atoms with E-state index in [9.17, 15) is 8.78 Å². The smallest absolute Gasteiger partial charge is 0.149 e. The summed E-state index contributed by atoms with van der Waals surface area (Å²) in [6, 6.07) is 9.11. The molecular formula is C13H7BrClF2N. The van der Waals surface area contributed by atoms with Crippen molar-refractivity contribution in [2.24, 2.45) is 4.99 Å². The predicted octanol–water partition coefficient (Wildman–Crippen LogP) is 5.13. The van der Waals surface area contributed by atoms with Gasteiger partial charge in [0.2, 0.25) is 0 Å². The lowest BCUT2D eigenvalue weighted by atomic mass is 10.2. The second kappa shape index (κ2) is 5.59. The Kier molecular flexibility index (Phi) is 4.09. The van der Waals surface area contributed by atoms with Crippen LogP contribution in [-0.2, 0) is 0 Å². The molecule has 2 aromatic carbocycles. The Balaban J connectivity index is 2.34. The lowest BCUT2D eigenvalue weighted by Crippen LogP contribution is -1.94. The molecule has 2 rings (SSSR count). The second-order valence-electron chi connectivity index (χ2n) is 3.49. The predicted molar refractivity (Wildman–Crippen MR) is 72.8 cm³/mol. The minimum atomic E-state index is -0.673. The Labute approximate surface area is 116 Å². The average Bonchev–Trinajstić information content (AvgIpc) is 2.36. The number of nitrogens with zero attached hydrogens (tertiary/aromatic N) is 1. The molecule has 0 radical (unpaired) electrons. The first-order valence-electron chi connectivity index (χ1n) is 5.01. The monoisotopic (exact) mass is 329 g/mol. The molecule has 0 aliphatic heterocycles. The summed E-state index contributed by atoms with van der Waals surface area (Å²) in [4.78, 5) is 4.00. The van der Waals surface area contributed by atoms with E-state index in [2.05, 4.69) is 20.9 Å². The van der Waals surface area contributed by atoms with E-state index in [4.69, 9.17) is 11.6 Å². The maximum absolute atomic E-state index is 13.6. The zero-order valence-corrected chi connectivity index (χ0v) is 11.3. The van der Waals surface area contributed by atoms with Gasteiger partial charge < -0.3 is 0 Å². The number of hydrogen-bond donors (Lipinski definition) is 0. The van der Waals surface area contributed by atoms with Gasteiger partial charge >= 0.3 is 0 Å². The van der Waals surface area contributed by atoms with Gasteiger partial charge in [0.05, 0.1) is 15.7 Å². The van der Waals surface area contributed by atoms with E-state index >= 15 is 0 Å². The molecule has 0 heterocycles. The van der Waals surface area contributed by atoms with Crippen molar-refractivity contribution >= 4 is 39.4 Å². The standard InChI is InChI=1S/C13H7BrClF2N/c14-11-5-6-12(16)10(13(11)17)7-18-9-3-1-8(15)2-4-9/h1-7H/b18-7+. The minimum absolute atomic E-state index is 0.181. The summed E-state index contributed by atoms with van der Waals surface area (Å²) in [5.74, 6) is -1.33. The Hall–Kier alpha value is -1.26. The van der Waals surface area contributed by atoms with Gasteiger partial charge in [0.25, 0.3) is 0 Å². The van der Waals surface area contributed by atoms with Crippen molar-refractivity contribution in [1.29, 1.82) is 0 Å². The first kappa shape index (κ1) is 13.2. The van der Waals surface area contributed by atoms with E-state index in [0.717, 1.165) is 6.21 Å². The van der Waals surface area contributed by atoms with Crippen molar-refractivity contribution in [3.05, 3.63) is 63.1 Å². The van der Waals surface area contributed by atoms with Crippen molar-refractivity contribution in [2.45, 2.75) is 0 Å². The number of halogens is 4. The summed E-state index contributed by atoms with van der Waals surface area (Å²) in [5.41, 5.74) is 0.387. The Morgan fingerprint density at radius 1 is 1.06 bits per heavy atom. The van der Waals surface area contributed by atoms with Crippen LogP contribution >= 0.6 is 27.5 Å². The zero-order chi connectivity index (χ0) is 13.1. The summed E-state index contributed by atoms with van der Waals surface area (Å²) < 4.78 is 27.2. The summed E-state index contributed by atoms with van der Waals surface area (Å²) in [6.07, 6.45) is 1.15. The van der Waals surface area contributed by atoms with Crippen molar-refractivity contribution in [3.63, 3.8) is 0 Å². The molecule has 92 valence electrons. The largest absolute Gasteiger partial charge is 0.256 e. The maximum Gasteiger partial charge on any atom is 0.149 e. The fraction of sp³-hybridized carbons (Fsp3) is 0. The van der Waals surface area contributed by atoms with Crippen molar-refractivity contribution in [3.8, 4) is 0 Å². The number of aliphatic imine (C=N–C) groups is 1. The molecule has 0 amide bonds. The van der Waals surface area contributed by atoms with Crippen LogP contribution in [0.2, 0.25) is 5.02 Å². The molecule has 0 aliphatic carbocycles. The highest BCUT2D eigenvalue weighted by Crippen LogP contribution is 2.21. The highest BCUT2D eigenvalue weighted by molar-refractivity contribution is 9.10. The second-order valence-corrected chi connectivity index (χ2v) is 4.78. The number of rotatable bonds is 2. The third-order valence-corrected chi connectivity index (χ3v) is 3.11. The van der Waals surface area contributed by atoms with E-state index in [0.29, 0.717) is 10.7 Å². The average molecular weight is 331 g/mol. The van der Waals surface area contributed by atoms with Gasteiger partial charge in [0.1, 0.15) is 11.6 Å². The van der Waals surface area contributed by atoms with Gasteiger partial charge in [-0.15, -0.1) is 0 Å². The third-order valence-electron chi connectivity index (χ3n) is 2.25. The number of hydrogen-bond acceptors (Lipinski definition) is 1. The Morgan fingerprint density at radius 3 is 2.39 bits per heavy atom. The zero-order valence-electron chi connectivity index (χ0n) is 9.00. The quantitative estimate of drug-likeness (QED) is 0.534. The molecular weight excluding hydrogens is 324 g/mol. The molecule has 0 bridgehead atoms. The number of benzene rings is 2. The first-order chi connectivity index (χ1) is 8.58. The van der Waals surface area contributed by atoms with E-state index in [1.165, 1.54) is 12.1 Å². The lowest BCUT2D eigenvalue weighted by Gasteiger charge is -2.01. The summed E-state index contributed by atoms with van der Waals surface area (Å²) in [7, 11) is 0. The molecule has 0 fully saturated rings. The van der Waals surface area contributed by atoms with Gasteiger partial charge in [0, 0.05) is 11.2 Å². The van der Waals surface area contributed by atoms with Crippen LogP contribution in [0.5, 0.6) is 0 Å². The van der Waals surface area contributed by atoms with Gasteiger partial charge in [-0.3, -0.25) is 4.99 Å². The van der Waals surface area contributed by atoms with Gasteiger partial charge in [-0.05, 0) is 52.3 Å². The molecule has 0 saturated carbocycles. The molecule has 18 heavy (non-hydrogen) atoms. The van der Waals surface area contributed by atoms with E-state index in [1.54, 1.807) is 24.3 Å². The lowest BCUT2D eigenvalue weighted by molar-refractivity contribution is 0.576. The Bertz CT molecular complexity index is 597. The van der Waals surface area contributed by atoms with Crippen molar-refractivity contribution in [2.75, 3.05) is 0 Å². The van der Waals surface area contributed by atoms with Gasteiger partial charge in [0.15, 0.2) is 0 Å². The normalized spacial score (nSPS) is 11.1. The van der Waals surface area contributed by atoms with Crippen LogP contribution in [-0.4, -0.2) is 6.21 Å². The fourth-order valence-electron chi connectivity index (χ4n) is 1.33.